The molecule has 1 aromatic carbocycles. The van der Waals surface area contributed by atoms with E-state index in [1.54, 1.807) is 7.11 Å². The average molecular weight is 249 g/mol. The first-order valence-electron chi connectivity index (χ1n) is 6.83. The minimum atomic E-state index is 0.724. The van der Waals surface area contributed by atoms with Crippen molar-refractivity contribution in [2.24, 2.45) is 5.92 Å². The Kier molecular flexibility index (Phi) is 4.88. The average Bonchev–Trinajstić information content (AvgIpc) is 3.14. The van der Waals surface area contributed by atoms with Gasteiger partial charge in [0.2, 0.25) is 0 Å². The van der Waals surface area contributed by atoms with Gasteiger partial charge in [0.25, 0.3) is 0 Å². The van der Waals surface area contributed by atoms with Crippen LogP contribution in [0, 0.1) is 5.92 Å². The van der Waals surface area contributed by atoms with Crippen molar-refractivity contribution in [1.82, 2.24) is 5.32 Å². The zero-order valence-corrected chi connectivity index (χ0v) is 11.3. The van der Waals surface area contributed by atoms with Crippen LogP contribution in [0.25, 0.3) is 0 Å². The van der Waals surface area contributed by atoms with Gasteiger partial charge >= 0.3 is 0 Å². The quantitative estimate of drug-likeness (QED) is 0.719. The van der Waals surface area contributed by atoms with Crippen LogP contribution in [0.4, 0.5) is 0 Å². The zero-order valence-electron chi connectivity index (χ0n) is 11.3. The molecule has 2 unspecified atom stereocenters. The molecule has 100 valence electrons. The Morgan fingerprint density at radius 2 is 1.94 bits per heavy atom. The predicted molar refractivity (Wildman–Crippen MR) is 73.3 cm³/mol. The Labute approximate surface area is 109 Å². The molecule has 0 aromatic heterocycles. The molecule has 1 fully saturated rings. The number of benzene rings is 1. The van der Waals surface area contributed by atoms with Crippen LogP contribution in [-0.2, 0) is 0 Å². The van der Waals surface area contributed by atoms with Crippen LogP contribution in [0.5, 0.6) is 11.5 Å². The molecule has 0 radical (unpaired) electrons. The standard InChI is InChI=1S/C15H23NO2/c1-3-4-12-11-15(12)16-9-10-18-14-7-5-13(17-2)6-8-14/h5-8,12,15-16H,3-4,9-11H2,1-2H3. The molecule has 0 aliphatic heterocycles. The number of hydrogen-bond donors (Lipinski definition) is 1. The third-order valence-electron chi connectivity index (χ3n) is 3.42. The van der Waals surface area contributed by atoms with Crippen LogP contribution < -0.4 is 14.8 Å². The van der Waals surface area contributed by atoms with E-state index in [1.165, 1.54) is 19.3 Å². The molecule has 1 aliphatic carbocycles. The Bertz CT molecular complexity index is 350. The van der Waals surface area contributed by atoms with Crippen LogP contribution in [0.2, 0.25) is 0 Å². The maximum absolute atomic E-state index is 5.66. The Morgan fingerprint density at radius 3 is 2.61 bits per heavy atom. The molecule has 0 bridgehead atoms. The van der Waals surface area contributed by atoms with Crippen molar-refractivity contribution in [2.75, 3.05) is 20.3 Å². The largest absolute Gasteiger partial charge is 0.497 e. The van der Waals surface area contributed by atoms with Gasteiger partial charge in [-0.3, -0.25) is 0 Å². The smallest absolute Gasteiger partial charge is 0.119 e. The van der Waals surface area contributed by atoms with Gasteiger partial charge in [-0.1, -0.05) is 13.3 Å². The van der Waals surface area contributed by atoms with Crippen molar-refractivity contribution in [2.45, 2.75) is 32.2 Å². The second-order valence-electron chi connectivity index (χ2n) is 4.87. The van der Waals surface area contributed by atoms with Crippen LogP contribution in [-0.4, -0.2) is 26.3 Å². The van der Waals surface area contributed by atoms with E-state index in [9.17, 15) is 0 Å². The number of rotatable bonds is 8. The number of methoxy groups -OCH3 is 1. The number of ether oxygens (including phenoxy) is 2. The van der Waals surface area contributed by atoms with Crippen molar-refractivity contribution in [3.63, 3.8) is 0 Å². The third-order valence-corrected chi connectivity index (χ3v) is 3.42. The molecule has 1 aliphatic rings. The Balaban J connectivity index is 1.58. The fraction of sp³-hybridized carbons (Fsp3) is 0.600. The number of nitrogens with one attached hydrogen (secondary N) is 1. The van der Waals surface area contributed by atoms with Gasteiger partial charge in [0, 0.05) is 12.6 Å². The second kappa shape index (κ2) is 6.64. The molecule has 0 heterocycles. The minimum Gasteiger partial charge on any atom is -0.497 e. The lowest BCUT2D eigenvalue weighted by Gasteiger charge is -2.08. The minimum absolute atomic E-state index is 0.724. The summed E-state index contributed by atoms with van der Waals surface area (Å²) in [4.78, 5) is 0. The maximum atomic E-state index is 5.66. The lowest BCUT2D eigenvalue weighted by molar-refractivity contribution is 0.311. The lowest BCUT2D eigenvalue weighted by atomic mass is 10.2. The molecular weight excluding hydrogens is 226 g/mol. The van der Waals surface area contributed by atoms with E-state index in [1.807, 2.05) is 24.3 Å². The topological polar surface area (TPSA) is 30.5 Å². The first kappa shape index (κ1) is 13.2. The molecule has 1 N–H and O–H groups in total. The fourth-order valence-electron chi connectivity index (χ4n) is 2.27. The number of hydrogen-bond acceptors (Lipinski definition) is 3. The summed E-state index contributed by atoms with van der Waals surface area (Å²) in [6.45, 7) is 3.90. The summed E-state index contributed by atoms with van der Waals surface area (Å²) in [5, 5.41) is 3.53. The van der Waals surface area contributed by atoms with Crippen molar-refractivity contribution in [3.05, 3.63) is 24.3 Å². The molecule has 2 rings (SSSR count). The first-order chi connectivity index (χ1) is 8.83. The van der Waals surface area contributed by atoms with Gasteiger partial charge in [0.1, 0.15) is 18.1 Å². The summed E-state index contributed by atoms with van der Waals surface area (Å²) >= 11 is 0. The molecule has 0 spiro atoms. The van der Waals surface area contributed by atoms with Gasteiger partial charge in [-0.25, -0.2) is 0 Å². The Morgan fingerprint density at radius 1 is 1.22 bits per heavy atom. The summed E-state index contributed by atoms with van der Waals surface area (Å²) in [5.74, 6) is 2.68. The van der Waals surface area contributed by atoms with E-state index >= 15 is 0 Å². The van der Waals surface area contributed by atoms with Crippen LogP contribution in [0.3, 0.4) is 0 Å². The van der Waals surface area contributed by atoms with Gasteiger partial charge in [-0.2, -0.15) is 0 Å². The van der Waals surface area contributed by atoms with Gasteiger partial charge in [0.05, 0.1) is 7.11 Å². The molecular formula is C15H23NO2. The summed E-state index contributed by atoms with van der Waals surface area (Å²) in [7, 11) is 1.67. The molecule has 18 heavy (non-hydrogen) atoms. The normalized spacial score (nSPS) is 21.7. The van der Waals surface area contributed by atoms with E-state index in [0.29, 0.717) is 0 Å². The highest BCUT2D eigenvalue weighted by Gasteiger charge is 2.34. The van der Waals surface area contributed by atoms with E-state index < -0.39 is 0 Å². The van der Waals surface area contributed by atoms with Gasteiger partial charge in [-0.15, -0.1) is 0 Å². The monoisotopic (exact) mass is 249 g/mol. The summed E-state index contributed by atoms with van der Waals surface area (Å²) in [6.07, 6.45) is 4.00. The van der Waals surface area contributed by atoms with Crippen molar-refractivity contribution < 1.29 is 9.47 Å². The van der Waals surface area contributed by atoms with E-state index in [4.69, 9.17) is 9.47 Å². The van der Waals surface area contributed by atoms with Crippen molar-refractivity contribution >= 4 is 0 Å². The molecule has 3 nitrogen and oxygen atoms in total. The highest BCUT2D eigenvalue weighted by Crippen LogP contribution is 2.34. The van der Waals surface area contributed by atoms with E-state index in [2.05, 4.69) is 12.2 Å². The van der Waals surface area contributed by atoms with Crippen LogP contribution in [0.15, 0.2) is 24.3 Å². The molecule has 2 atom stereocenters. The third kappa shape index (κ3) is 3.91. The van der Waals surface area contributed by atoms with Gasteiger partial charge < -0.3 is 14.8 Å². The van der Waals surface area contributed by atoms with Crippen molar-refractivity contribution in [3.8, 4) is 11.5 Å². The summed E-state index contributed by atoms with van der Waals surface area (Å²) in [6, 6.07) is 8.46. The zero-order chi connectivity index (χ0) is 12.8. The lowest BCUT2D eigenvalue weighted by Crippen LogP contribution is -2.24. The summed E-state index contributed by atoms with van der Waals surface area (Å²) < 4.78 is 10.8. The van der Waals surface area contributed by atoms with Crippen LogP contribution >= 0.6 is 0 Å². The first-order valence-corrected chi connectivity index (χ1v) is 6.83. The molecule has 1 aromatic rings. The van der Waals surface area contributed by atoms with E-state index in [-0.39, 0.29) is 0 Å². The molecule has 0 amide bonds. The highest BCUT2D eigenvalue weighted by atomic mass is 16.5. The van der Waals surface area contributed by atoms with Gasteiger partial charge in [0.15, 0.2) is 0 Å². The fourth-order valence-corrected chi connectivity index (χ4v) is 2.27. The highest BCUT2D eigenvalue weighted by molar-refractivity contribution is 5.31. The van der Waals surface area contributed by atoms with E-state index in [0.717, 1.165) is 36.6 Å². The van der Waals surface area contributed by atoms with Crippen LogP contribution in [0.1, 0.15) is 26.2 Å². The van der Waals surface area contributed by atoms with Crippen molar-refractivity contribution in [1.29, 1.82) is 0 Å². The second-order valence-corrected chi connectivity index (χ2v) is 4.87. The predicted octanol–water partition coefficient (Wildman–Crippen LogP) is 2.85. The maximum Gasteiger partial charge on any atom is 0.119 e. The molecule has 3 heteroatoms. The van der Waals surface area contributed by atoms with Gasteiger partial charge in [-0.05, 0) is 43.0 Å². The molecule has 0 saturated heterocycles. The molecule has 1 saturated carbocycles. The Hall–Kier alpha value is -1.22. The summed E-state index contributed by atoms with van der Waals surface area (Å²) in [5.41, 5.74) is 0. The SMILES string of the molecule is CCCC1CC1NCCOc1ccc(OC)cc1.